The lowest BCUT2D eigenvalue weighted by atomic mass is 10.2. The van der Waals surface area contributed by atoms with Crippen LogP contribution < -0.4 is 5.73 Å². The third-order valence-electron chi connectivity index (χ3n) is 2.71. The maximum Gasteiger partial charge on any atom is 0.189 e. The molecule has 0 bridgehead atoms. The Morgan fingerprint density at radius 2 is 1.90 bits per heavy atom. The summed E-state index contributed by atoms with van der Waals surface area (Å²) in [5.74, 6) is 0.963. The summed E-state index contributed by atoms with van der Waals surface area (Å²) in [6, 6.07) is 10.8. The number of hydrogen-bond acceptors (Lipinski definition) is 6. The van der Waals surface area contributed by atoms with E-state index in [1.54, 1.807) is 6.07 Å². The van der Waals surface area contributed by atoms with Gasteiger partial charge in [-0.3, -0.25) is 0 Å². The average Bonchev–Trinajstić information content (AvgIpc) is 2.37. The van der Waals surface area contributed by atoms with E-state index in [0.29, 0.717) is 16.7 Å². The van der Waals surface area contributed by atoms with Crippen LogP contribution in [0.25, 0.3) is 0 Å². The quantitative estimate of drug-likeness (QED) is 0.647. The molecule has 0 atom stereocenters. The highest BCUT2D eigenvalue weighted by atomic mass is 32.2. The van der Waals surface area contributed by atoms with Crippen molar-refractivity contribution >= 4 is 27.4 Å². The van der Waals surface area contributed by atoms with E-state index in [9.17, 15) is 8.42 Å². The van der Waals surface area contributed by atoms with Crippen LogP contribution >= 0.6 is 11.8 Å². The zero-order valence-electron chi connectivity index (χ0n) is 11.7. The first-order valence-electron chi connectivity index (χ1n) is 6.43. The van der Waals surface area contributed by atoms with Crippen LogP contribution in [0.3, 0.4) is 0 Å². The summed E-state index contributed by atoms with van der Waals surface area (Å²) in [6.45, 7) is 1.83. The summed E-state index contributed by atoms with van der Waals surface area (Å²) in [7, 11) is -3.13. The van der Waals surface area contributed by atoms with Crippen molar-refractivity contribution in [3.63, 3.8) is 0 Å². The first-order chi connectivity index (χ1) is 9.94. The Bertz CT molecular complexity index is 683. The average molecular weight is 323 g/mol. The Hall–Kier alpha value is -1.60. The molecule has 0 aliphatic rings. The smallest absolute Gasteiger partial charge is 0.189 e. The van der Waals surface area contributed by atoms with Crippen molar-refractivity contribution in [2.24, 2.45) is 0 Å². The number of rotatable bonds is 6. The van der Waals surface area contributed by atoms with Crippen LogP contribution in [0.2, 0.25) is 0 Å². The van der Waals surface area contributed by atoms with Gasteiger partial charge in [0.05, 0.1) is 11.5 Å². The first-order valence-corrected chi connectivity index (χ1v) is 9.24. The maximum absolute atomic E-state index is 12.0. The lowest BCUT2D eigenvalue weighted by molar-refractivity contribution is 0.597. The van der Waals surface area contributed by atoms with E-state index in [4.69, 9.17) is 5.73 Å². The van der Waals surface area contributed by atoms with Gasteiger partial charge in [-0.05, 0) is 12.5 Å². The molecule has 1 heterocycles. The van der Waals surface area contributed by atoms with Crippen molar-refractivity contribution < 1.29 is 8.42 Å². The maximum atomic E-state index is 12.0. The Labute approximate surface area is 128 Å². The molecule has 0 aliphatic heterocycles. The molecule has 0 aliphatic carbocycles. The number of benzene rings is 1. The van der Waals surface area contributed by atoms with Crippen molar-refractivity contribution in [3.05, 3.63) is 47.7 Å². The van der Waals surface area contributed by atoms with Crippen molar-refractivity contribution in [2.45, 2.75) is 17.8 Å². The van der Waals surface area contributed by atoms with Gasteiger partial charge >= 0.3 is 0 Å². The predicted molar refractivity (Wildman–Crippen MR) is 85.8 cm³/mol. The molecule has 1 aromatic heterocycles. The molecule has 1 aromatic carbocycles. The Kier molecular flexibility index (Phi) is 5.19. The van der Waals surface area contributed by atoms with Crippen LogP contribution in [0.1, 0.15) is 11.3 Å². The van der Waals surface area contributed by atoms with Gasteiger partial charge in [-0.25, -0.2) is 18.4 Å². The molecular weight excluding hydrogens is 306 g/mol. The molecule has 0 saturated carbocycles. The second kappa shape index (κ2) is 6.91. The van der Waals surface area contributed by atoms with Gasteiger partial charge in [-0.2, -0.15) is 0 Å². The molecule has 0 fully saturated rings. The van der Waals surface area contributed by atoms with Gasteiger partial charge in [-0.15, -0.1) is 0 Å². The van der Waals surface area contributed by atoms with Crippen molar-refractivity contribution in [1.29, 1.82) is 0 Å². The van der Waals surface area contributed by atoms with E-state index < -0.39 is 9.84 Å². The zero-order chi connectivity index (χ0) is 15.3. The molecule has 112 valence electrons. The summed E-state index contributed by atoms with van der Waals surface area (Å²) in [5, 5.41) is 0.516. The summed E-state index contributed by atoms with van der Waals surface area (Å²) >= 11 is 1.30. The molecule has 0 spiro atoms. The molecule has 0 saturated heterocycles. The summed E-state index contributed by atoms with van der Waals surface area (Å²) in [4.78, 5) is 8.29. The molecule has 0 amide bonds. The minimum Gasteiger partial charge on any atom is -0.384 e. The largest absolute Gasteiger partial charge is 0.384 e. The van der Waals surface area contributed by atoms with Gasteiger partial charge < -0.3 is 5.73 Å². The van der Waals surface area contributed by atoms with Crippen LogP contribution in [-0.2, 0) is 15.6 Å². The minimum absolute atomic E-state index is 0.0607. The number of thioether (sulfide) groups is 1. The first kappa shape index (κ1) is 15.8. The number of anilines is 1. The lowest BCUT2D eigenvalue weighted by Crippen LogP contribution is -2.11. The summed E-state index contributed by atoms with van der Waals surface area (Å²) in [5.41, 5.74) is 7.22. The van der Waals surface area contributed by atoms with Gasteiger partial charge in [0, 0.05) is 17.5 Å². The molecule has 21 heavy (non-hydrogen) atoms. The van der Waals surface area contributed by atoms with Crippen molar-refractivity contribution in [3.8, 4) is 0 Å². The van der Waals surface area contributed by atoms with Crippen LogP contribution in [0, 0.1) is 6.92 Å². The van der Waals surface area contributed by atoms with E-state index in [0.717, 1.165) is 11.3 Å². The third-order valence-corrected chi connectivity index (χ3v) is 5.42. The number of nitrogens with two attached hydrogens (primary N) is 1. The summed E-state index contributed by atoms with van der Waals surface area (Å²) < 4.78 is 24.1. The highest BCUT2D eigenvalue weighted by Gasteiger charge is 2.12. The molecule has 2 rings (SSSR count). The fraction of sp³-hybridized carbons (Fsp3) is 0.286. The lowest BCUT2D eigenvalue weighted by Gasteiger charge is -2.05. The second-order valence-corrected chi connectivity index (χ2v) is 7.89. The zero-order valence-corrected chi connectivity index (χ0v) is 13.3. The van der Waals surface area contributed by atoms with E-state index in [2.05, 4.69) is 9.97 Å². The van der Waals surface area contributed by atoms with Crippen LogP contribution in [0.5, 0.6) is 0 Å². The van der Waals surface area contributed by atoms with E-state index in [1.165, 1.54) is 11.8 Å². The minimum atomic E-state index is -3.13. The van der Waals surface area contributed by atoms with Crippen LogP contribution in [-0.4, -0.2) is 29.9 Å². The molecule has 0 unspecified atom stereocenters. The SMILES string of the molecule is Cc1cc(N)nc(SCCS(=O)(=O)Cc2ccccc2)n1. The normalized spacial score (nSPS) is 11.5. The fourth-order valence-electron chi connectivity index (χ4n) is 1.79. The van der Waals surface area contributed by atoms with E-state index >= 15 is 0 Å². The molecule has 2 N–H and O–H groups in total. The molecular formula is C14H17N3O2S2. The topological polar surface area (TPSA) is 85.9 Å². The number of aromatic nitrogens is 2. The number of nitrogens with zero attached hydrogens (tertiary/aromatic N) is 2. The third kappa shape index (κ3) is 5.35. The molecule has 7 heteroatoms. The van der Waals surface area contributed by atoms with E-state index in [-0.39, 0.29) is 11.5 Å². The van der Waals surface area contributed by atoms with Crippen LogP contribution in [0.15, 0.2) is 41.6 Å². The number of hydrogen-bond donors (Lipinski definition) is 1. The highest BCUT2D eigenvalue weighted by Crippen LogP contribution is 2.16. The van der Waals surface area contributed by atoms with Crippen LogP contribution in [0.4, 0.5) is 5.82 Å². The van der Waals surface area contributed by atoms with Gasteiger partial charge in [0.1, 0.15) is 5.82 Å². The van der Waals surface area contributed by atoms with Crippen molar-refractivity contribution in [2.75, 3.05) is 17.2 Å². The molecule has 0 radical (unpaired) electrons. The highest BCUT2D eigenvalue weighted by molar-refractivity contribution is 8.00. The summed E-state index contributed by atoms with van der Waals surface area (Å²) in [6.07, 6.45) is 0. The predicted octanol–water partition coefficient (Wildman–Crippen LogP) is 2.07. The standard InChI is InChI=1S/C14H17N3O2S2/c1-11-9-13(15)17-14(16-11)20-7-8-21(18,19)10-12-5-3-2-4-6-12/h2-6,9H,7-8,10H2,1H3,(H2,15,16,17). The monoisotopic (exact) mass is 323 g/mol. The van der Waals surface area contributed by atoms with Crippen molar-refractivity contribution in [1.82, 2.24) is 9.97 Å². The number of sulfone groups is 1. The number of nitrogen functional groups attached to an aromatic ring is 1. The Balaban J connectivity index is 1.90. The van der Waals surface area contributed by atoms with E-state index in [1.807, 2.05) is 37.3 Å². The second-order valence-electron chi connectivity index (χ2n) is 4.64. The van der Waals surface area contributed by atoms with Gasteiger partial charge in [0.25, 0.3) is 0 Å². The van der Waals surface area contributed by atoms with Gasteiger partial charge in [0.15, 0.2) is 15.0 Å². The Morgan fingerprint density at radius 3 is 2.57 bits per heavy atom. The Morgan fingerprint density at radius 1 is 1.19 bits per heavy atom. The molecule has 5 nitrogen and oxygen atoms in total. The number of aryl methyl sites for hydroxylation is 1. The molecule has 2 aromatic rings. The fourth-order valence-corrected chi connectivity index (χ4v) is 4.54. The van der Waals surface area contributed by atoms with Gasteiger partial charge in [0.2, 0.25) is 0 Å². The van der Waals surface area contributed by atoms with Gasteiger partial charge in [-0.1, -0.05) is 42.1 Å².